The number of amides is 1. The van der Waals surface area contributed by atoms with E-state index < -0.39 is 5.25 Å². The lowest BCUT2D eigenvalue weighted by Gasteiger charge is -2.12. The topological polar surface area (TPSA) is 93.4 Å². The lowest BCUT2D eigenvalue weighted by atomic mass is 10.2. The number of carbonyl (C=O) groups excluding carboxylic acids is 1. The van der Waals surface area contributed by atoms with E-state index in [4.69, 9.17) is 16.3 Å². The fourth-order valence-electron chi connectivity index (χ4n) is 2.79. The molecule has 2 aromatic carbocycles. The van der Waals surface area contributed by atoms with Crippen molar-refractivity contribution in [1.82, 2.24) is 20.2 Å². The van der Waals surface area contributed by atoms with E-state index in [9.17, 15) is 4.79 Å². The Morgan fingerprint density at radius 3 is 2.82 bits per heavy atom. The van der Waals surface area contributed by atoms with E-state index in [0.717, 1.165) is 22.8 Å². The molecule has 1 atom stereocenters. The third kappa shape index (κ3) is 7.10. The summed E-state index contributed by atoms with van der Waals surface area (Å²) in [5.74, 6) is 1.21. The van der Waals surface area contributed by atoms with Gasteiger partial charge in [0.15, 0.2) is 11.0 Å². The number of hydrazone groups is 1. The Bertz CT molecular complexity index is 1120. The number of halogens is 1. The number of aromatic nitrogens is 3. The van der Waals surface area contributed by atoms with Crippen LogP contribution < -0.4 is 15.5 Å². The minimum Gasteiger partial charge on any atom is -0.497 e. The molecule has 0 aliphatic rings. The number of rotatable bonds is 11. The highest BCUT2D eigenvalue weighted by molar-refractivity contribution is 8.00. The van der Waals surface area contributed by atoms with Gasteiger partial charge in [-0.15, -0.1) is 16.8 Å². The van der Waals surface area contributed by atoms with Gasteiger partial charge in [-0.2, -0.15) is 5.10 Å². The maximum Gasteiger partial charge on any atom is 0.253 e. The third-order valence-electron chi connectivity index (χ3n) is 4.53. The Labute approximate surface area is 202 Å². The molecule has 10 heteroatoms. The summed E-state index contributed by atoms with van der Waals surface area (Å²) in [5.41, 5.74) is 4.30. The van der Waals surface area contributed by atoms with Gasteiger partial charge in [0, 0.05) is 17.3 Å². The molecule has 0 saturated heterocycles. The fourth-order valence-corrected chi connectivity index (χ4v) is 3.79. The highest BCUT2D eigenvalue weighted by Crippen LogP contribution is 2.23. The van der Waals surface area contributed by atoms with Crippen LogP contribution in [0.25, 0.3) is 0 Å². The molecule has 3 aromatic rings. The summed E-state index contributed by atoms with van der Waals surface area (Å²) >= 11 is 7.24. The van der Waals surface area contributed by atoms with E-state index >= 15 is 0 Å². The van der Waals surface area contributed by atoms with Crippen molar-refractivity contribution in [3.63, 3.8) is 0 Å². The molecule has 1 amide bonds. The molecule has 0 bridgehead atoms. The molecule has 2 N–H and O–H groups in total. The number of ether oxygens (including phenoxy) is 1. The maximum absolute atomic E-state index is 12.5. The molecular weight excluding hydrogens is 460 g/mol. The van der Waals surface area contributed by atoms with Crippen LogP contribution in [-0.2, 0) is 17.9 Å². The Balaban J connectivity index is 1.60. The van der Waals surface area contributed by atoms with E-state index in [1.165, 1.54) is 11.8 Å². The van der Waals surface area contributed by atoms with Gasteiger partial charge in [0.25, 0.3) is 5.91 Å². The van der Waals surface area contributed by atoms with Crippen molar-refractivity contribution >= 4 is 41.2 Å². The first-order chi connectivity index (χ1) is 16.0. The quantitative estimate of drug-likeness (QED) is 0.182. The van der Waals surface area contributed by atoms with Crippen molar-refractivity contribution < 1.29 is 9.53 Å². The standard InChI is InChI=1S/C23H25ClN6O2S/c1-4-12-30-21(15-25-19-10-8-18(24)9-11-19)27-29-23(30)33-16(2)22(31)28-26-14-17-6-5-7-20(13-17)32-3/h4-11,13-14,16,25H,1,12,15H2,2-3H3,(H,28,31)/b26-14-/t16-/m1/s1. The number of thioether (sulfide) groups is 1. The first-order valence-electron chi connectivity index (χ1n) is 10.2. The smallest absolute Gasteiger partial charge is 0.253 e. The molecule has 0 fully saturated rings. The molecule has 1 aromatic heterocycles. The van der Waals surface area contributed by atoms with Gasteiger partial charge >= 0.3 is 0 Å². The summed E-state index contributed by atoms with van der Waals surface area (Å²) in [7, 11) is 1.60. The number of methoxy groups -OCH3 is 1. The lowest BCUT2D eigenvalue weighted by molar-refractivity contribution is -0.120. The Kier molecular flexibility index (Phi) is 8.91. The zero-order valence-electron chi connectivity index (χ0n) is 18.4. The zero-order valence-corrected chi connectivity index (χ0v) is 19.9. The van der Waals surface area contributed by atoms with E-state index in [-0.39, 0.29) is 5.91 Å². The average Bonchev–Trinajstić information content (AvgIpc) is 3.20. The summed E-state index contributed by atoms with van der Waals surface area (Å²) in [6.07, 6.45) is 3.33. The number of hydrogen-bond acceptors (Lipinski definition) is 7. The molecule has 0 saturated carbocycles. The van der Waals surface area contributed by atoms with Crippen LogP contribution in [0.5, 0.6) is 5.75 Å². The van der Waals surface area contributed by atoms with Crippen LogP contribution in [0, 0.1) is 0 Å². The van der Waals surface area contributed by atoms with E-state index in [1.54, 1.807) is 26.3 Å². The van der Waals surface area contributed by atoms with Crippen molar-refractivity contribution in [2.75, 3.05) is 12.4 Å². The van der Waals surface area contributed by atoms with Crippen LogP contribution in [0.3, 0.4) is 0 Å². The van der Waals surface area contributed by atoms with Gasteiger partial charge < -0.3 is 14.6 Å². The molecule has 1 heterocycles. The van der Waals surface area contributed by atoms with Gasteiger partial charge in [-0.1, -0.05) is 41.6 Å². The van der Waals surface area contributed by atoms with E-state index in [0.29, 0.717) is 23.3 Å². The lowest BCUT2D eigenvalue weighted by Crippen LogP contribution is -2.27. The van der Waals surface area contributed by atoms with Gasteiger partial charge in [-0.25, -0.2) is 5.43 Å². The number of benzene rings is 2. The van der Waals surface area contributed by atoms with E-state index in [1.807, 2.05) is 53.1 Å². The normalized spacial score (nSPS) is 11.8. The average molecular weight is 485 g/mol. The van der Waals surface area contributed by atoms with Gasteiger partial charge in [-0.05, 0) is 48.9 Å². The molecular formula is C23H25ClN6O2S. The number of carbonyl (C=O) groups is 1. The monoisotopic (exact) mass is 484 g/mol. The van der Waals surface area contributed by atoms with Gasteiger partial charge in [0.2, 0.25) is 0 Å². The van der Waals surface area contributed by atoms with Crippen LogP contribution in [0.1, 0.15) is 18.3 Å². The predicted molar refractivity (Wildman–Crippen MR) is 133 cm³/mol. The van der Waals surface area contributed by atoms with Crippen LogP contribution in [0.15, 0.2) is 71.4 Å². The second kappa shape index (κ2) is 12.1. The first-order valence-corrected chi connectivity index (χ1v) is 11.4. The van der Waals surface area contributed by atoms with Gasteiger partial charge in [0.05, 0.1) is 25.1 Å². The van der Waals surface area contributed by atoms with Crippen LogP contribution >= 0.6 is 23.4 Å². The van der Waals surface area contributed by atoms with Gasteiger partial charge in [0.1, 0.15) is 5.75 Å². The van der Waals surface area contributed by atoms with Gasteiger partial charge in [-0.3, -0.25) is 4.79 Å². The summed E-state index contributed by atoms with van der Waals surface area (Å²) < 4.78 is 7.10. The minimum atomic E-state index is -0.433. The van der Waals surface area contributed by atoms with Crippen molar-refractivity contribution in [3.8, 4) is 5.75 Å². The Hall–Kier alpha value is -3.30. The van der Waals surface area contributed by atoms with Crippen LogP contribution in [0.2, 0.25) is 5.02 Å². The molecule has 0 radical (unpaired) electrons. The molecule has 8 nitrogen and oxygen atoms in total. The van der Waals surface area contributed by atoms with E-state index in [2.05, 4.69) is 32.6 Å². The summed E-state index contributed by atoms with van der Waals surface area (Å²) in [4.78, 5) is 12.5. The highest BCUT2D eigenvalue weighted by Gasteiger charge is 2.19. The predicted octanol–water partition coefficient (Wildman–Crippen LogP) is 4.37. The molecule has 0 aliphatic heterocycles. The highest BCUT2D eigenvalue weighted by atomic mass is 35.5. The zero-order chi connectivity index (χ0) is 23.6. The maximum atomic E-state index is 12.5. The molecule has 0 spiro atoms. The number of nitrogens with one attached hydrogen (secondary N) is 2. The molecule has 0 unspecified atom stereocenters. The molecule has 33 heavy (non-hydrogen) atoms. The minimum absolute atomic E-state index is 0.242. The molecule has 3 rings (SSSR count). The van der Waals surface area contributed by atoms with Crippen molar-refractivity contribution in [2.24, 2.45) is 5.10 Å². The fraction of sp³-hybridized carbons (Fsp3) is 0.217. The molecule has 172 valence electrons. The van der Waals surface area contributed by atoms with Crippen LogP contribution in [0.4, 0.5) is 5.69 Å². The van der Waals surface area contributed by atoms with Crippen molar-refractivity contribution in [3.05, 3.63) is 77.6 Å². The SMILES string of the molecule is C=CCn1c(CNc2ccc(Cl)cc2)nnc1S[C@H](C)C(=O)N/N=C\c1cccc(OC)c1. The number of allylic oxidation sites excluding steroid dienone is 1. The number of anilines is 1. The summed E-state index contributed by atoms with van der Waals surface area (Å²) in [5, 5.41) is 16.8. The third-order valence-corrected chi connectivity index (χ3v) is 5.87. The summed E-state index contributed by atoms with van der Waals surface area (Å²) in [6, 6.07) is 14.8. The molecule has 0 aliphatic carbocycles. The Morgan fingerprint density at radius 1 is 1.30 bits per heavy atom. The number of hydrogen-bond donors (Lipinski definition) is 2. The Morgan fingerprint density at radius 2 is 2.09 bits per heavy atom. The van der Waals surface area contributed by atoms with Crippen molar-refractivity contribution in [1.29, 1.82) is 0 Å². The first kappa shape index (κ1) is 24.3. The second-order valence-electron chi connectivity index (χ2n) is 6.93. The summed E-state index contributed by atoms with van der Waals surface area (Å²) in [6.45, 7) is 6.59. The second-order valence-corrected chi connectivity index (χ2v) is 8.67. The van der Waals surface area contributed by atoms with Crippen LogP contribution in [-0.4, -0.2) is 39.2 Å². The number of nitrogens with zero attached hydrogens (tertiary/aromatic N) is 4. The largest absolute Gasteiger partial charge is 0.497 e. The van der Waals surface area contributed by atoms with Crippen molar-refractivity contribution in [2.45, 2.75) is 30.4 Å².